The smallest absolute Gasteiger partial charge is 0.407 e. The van der Waals surface area contributed by atoms with Gasteiger partial charge in [-0.1, -0.05) is 43.2 Å². The number of aliphatic hydroxyl groups is 1. The maximum atomic E-state index is 13.9. The van der Waals surface area contributed by atoms with Gasteiger partial charge in [-0.2, -0.15) is 0 Å². The van der Waals surface area contributed by atoms with E-state index in [2.05, 4.69) is 4.98 Å². The molecule has 3 heterocycles. The molecule has 10 nitrogen and oxygen atoms in total. The summed E-state index contributed by atoms with van der Waals surface area (Å²) >= 11 is 0. The fourth-order valence-corrected chi connectivity index (χ4v) is 6.38. The summed E-state index contributed by atoms with van der Waals surface area (Å²) in [5, 5.41) is 21.5. The molecule has 2 N–H and O–H groups in total. The molecule has 192 valence electrons. The van der Waals surface area contributed by atoms with E-state index in [1.165, 1.54) is 15.7 Å². The van der Waals surface area contributed by atoms with Gasteiger partial charge in [-0.25, -0.2) is 9.59 Å². The number of piperazine rings is 1. The fraction of sp³-hybridized carbons (Fsp3) is 0.538. The highest BCUT2D eigenvalue weighted by atomic mass is 16.4. The van der Waals surface area contributed by atoms with Gasteiger partial charge >= 0.3 is 12.1 Å². The number of likely N-dealkylation sites (tertiary alicyclic amines) is 1. The van der Waals surface area contributed by atoms with Gasteiger partial charge in [-0.05, 0) is 24.8 Å². The molecular formula is C26H33N5O5. The molecule has 10 heteroatoms. The van der Waals surface area contributed by atoms with Crippen LogP contribution in [0, 0.1) is 5.41 Å². The van der Waals surface area contributed by atoms with Crippen LogP contribution in [0.1, 0.15) is 43.7 Å². The molecule has 5 rings (SSSR count). The van der Waals surface area contributed by atoms with Gasteiger partial charge < -0.3 is 29.5 Å². The summed E-state index contributed by atoms with van der Waals surface area (Å²) in [4.78, 5) is 46.8. The van der Waals surface area contributed by atoms with Crippen molar-refractivity contribution in [2.75, 3.05) is 32.7 Å². The Morgan fingerprint density at radius 1 is 1.03 bits per heavy atom. The highest BCUT2D eigenvalue weighted by Crippen LogP contribution is 2.51. The summed E-state index contributed by atoms with van der Waals surface area (Å²) in [6, 6.07) is 9.05. The van der Waals surface area contributed by atoms with Crippen molar-refractivity contribution in [1.29, 1.82) is 0 Å². The van der Waals surface area contributed by atoms with Crippen LogP contribution in [0.25, 0.3) is 0 Å². The van der Waals surface area contributed by atoms with E-state index in [-0.39, 0.29) is 37.3 Å². The summed E-state index contributed by atoms with van der Waals surface area (Å²) in [5.74, 6) is 0. The number of piperidine rings is 1. The van der Waals surface area contributed by atoms with Crippen molar-refractivity contribution in [3.05, 3.63) is 64.8 Å². The average molecular weight is 496 g/mol. The zero-order valence-electron chi connectivity index (χ0n) is 20.3. The van der Waals surface area contributed by atoms with Crippen LogP contribution in [0.5, 0.6) is 0 Å². The SMILES string of the molecule is O=C(O)N1CCN(C(=O)N2CCC(O)(Cn3ccncc3=O)C3(CCCC3)C2)[C@H](c2ccccc2)C1. The minimum Gasteiger partial charge on any atom is -0.465 e. The molecular weight excluding hydrogens is 462 g/mol. The topological polar surface area (TPSA) is 119 Å². The van der Waals surface area contributed by atoms with Crippen LogP contribution < -0.4 is 5.56 Å². The summed E-state index contributed by atoms with van der Waals surface area (Å²) in [6.45, 7) is 1.77. The number of hydrogen-bond donors (Lipinski definition) is 2. The van der Waals surface area contributed by atoms with Gasteiger partial charge in [-0.15, -0.1) is 0 Å². The average Bonchev–Trinajstić information content (AvgIpc) is 3.37. The molecule has 2 aromatic rings. The van der Waals surface area contributed by atoms with Crippen LogP contribution in [0.3, 0.4) is 0 Å². The Labute approximate surface area is 209 Å². The molecule has 36 heavy (non-hydrogen) atoms. The molecule has 3 fully saturated rings. The zero-order valence-corrected chi connectivity index (χ0v) is 20.3. The van der Waals surface area contributed by atoms with Crippen molar-refractivity contribution in [3.63, 3.8) is 0 Å². The van der Waals surface area contributed by atoms with Crippen LogP contribution in [-0.2, 0) is 6.54 Å². The monoisotopic (exact) mass is 495 g/mol. The molecule has 1 aromatic heterocycles. The van der Waals surface area contributed by atoms with E-state index in [1.54, 1.807) is 17.3 Å². The minimum absolute atomic E-state index is 0.122. The highest BCUT2D eigenvalue weighted by Gasteiger charge is 2.56. The van der Waals surface area contributed by atoms with Crippen LogP contribution in [0.4, 0.5) is 9.59 Å². The fourth-order valence-electron chi connectivity index (χ4n) is 6.38. The second-order valence-corrected chi connectivity index (χ2v) is 10.4. The van der Waals surface area contributed by atoms with E-state index in [0.29, 0.717) is 26.1 Å². The third-order valence-electron chi connectivity index (χ3n) is 8.42. The second-order valence-electron chi connectivity index (χ2n) is 10.4. The zero-order chi connectivity index (χ0) is 25.3. The molecule has 2 atom stereocenters. The van der Waals surface area contributed by atoms with Gasteiger partial charge in [-0.3, -0.25) is 9.78 Å². The van der Waals surface area contributed by atoms with Crippen LogP contribution in [0.15, 0.2) is 53.7 Å². The summed E-state index contributed by atoms with van der Waals surface area (Å²) in [7, 11) is 0. The van der Waals surface area contributed by atoms with Gasteiger partial charge in [0.05, 0.1) is 24.4 Å². The van der Waals surface area contributed by atoms with Gasteiger partial charge in [0.1, 0.15) is 0 Å². The van der Waals surface area contributed by atoms with E-state index in [0.717, 1.165) is 31.2 Å². The Morgan fingerprint density at radius 2 is 1.78 bits per heavy atom. The van der Waals surface area contributed by atoms with E-state index in [9.17, 15) is 24.6 Å². The van der Waals surface area contributed by atoms with E-state index in [4.69, 9.17) is 0 Å². The first-order valence-corrected chi connectivity index (χ1v) is 12.6. The lowest BCUT2D eigenvalue weighted by Gasteiger charge is -2.53. The summed E-state index contributed by atoms with van der Waals surface area (Å²) in [5.41, 5.74) is -0.946. The normalized spacial score (nSPS) is 25.8. The van der Waals surface area contributed by atoms with Crippen molar-refractivity contribution >= 4 is 12.1 Å². The first-order valence-electron chi connectivity index (χ1n) is 12.6. The number of amides is 3. The van der Waals surface area contributed by atoms with E-state index in [1.807, 2.05) is 35.2 Å². The van der Waals surface area contributed by atoms with E-state index < -0.39 is 17.1 Å². The quantitative estimate of drug-likeness (QED) is 0.675. The van der Waals surface area contributed by atoms with Crippen LogP contribution in [0.2, 0.25) is 0 Å². The largest absolute Gasteiger partial charge is 0.465 e. The van der Waals surface area contributed by atoms with Crippen molar-refractivity contribution in [1.82, 2.24) is 24.3 Å². The highest BCUT2D eigenvalue weighted by molar-refractivity contribution is 5.76. The molecule has 3 amide bonds. The minimum atomic E-state index is -1.10. The molecule has 3 aliphatic rings. The number of hydrogen-bond acceptors (Lipinski definition) is 5. The molecule has 0 radical (unpaired) electrons. The molecule has 1 aliphatic carbocycles. The van der Waals surface area contributed by atoms with Crippen LogP contribution >= 0.6 is 0 Å². The van der Waals surface area contributed by atoms with Crippen molar-refractivity contribution in [3.8, 4) is 0 Å². The number of carbonyl (C=O) groups is 2. The Bertz CT molecular complexity index is 1160. The number of urea groups is 1. The van der Waals surface area contributed by atoms with Crippen molar-refractivity contribution in [2.24, 2.45) is 5.41 Å². The van der Waals surface area contributed by atoms with Crippen molar-refractivity contribution < 1.29 is 19.8 Å². The molecule has 1 unspecified atom stereocenters. The maximum Gasteiger partial charge on any atom is 0.407 e. The predicted molar refractivity (Wildman–Crippen MR) is 131 cm³/mol. The first-order chi connectivity index (χ1) is 17.3. The Hall–Kier alpha value is -3.40. The van der Waals surface area contributed by atoms with Gasteiger partial charge in [0, 0.05) is 50.5 Å². The Morgan fingerprint density at radius 3 is 2.47 bits per heavy atom. The standard InChI is InChI=1S/C26H33N5O5/c32-22-16-27-11-13-29(22)19-26(36)10-12-30(18-25(26)8-4-5-9-25)23(33)31-15-14-28(24(34)35)17-21(31)20-6-2-1-3-7-20/h1-3,6-7,11,13,16,21,36H,4-5,8-10,12,14-15,17-19H2,(H,34,35)/t21-,26?/m0/s1. The van der Waals surface area contributed by atoms with E-state index >= 15 is 0 Å². The first kappa shape index (κ1) is 24.3. The lowest BCUT2D eigenvalue weighted by Crippen LogP contribution is -2.64. The lowest BCUT2D eigenvalue weighted by molar-refractivity contribution is -0.137. The van der Waals surface area contributed by atoms with Crippen LogP contribution in [-0.4, -0.2) is 84.9 Å². The summed E-state index contributed by atoms with van der Waals surface area (Å²) < 4.78 is 1.51. The summed E-state index contributed by atoms with van der Waals surface area (Å²) in [6.07, 6.45) is 7.33. The van der Waals surface area contributed by atoms with Gasteiger partial charge in [0.25, 0.3) is 5.56 Å². The predicted octanol–water partition coefficient (Wildman–Crippen LogP) is 2.40. The molecule has 1 aromatic carbocycles. The third-order valence-corrected chi connectivity index (χ3v) is 8.42. The molecule has 2 aliphatic heterocycles. The number of carbonyl (C=O) groups excluding carboxylic acids is 1. The van der Waals surface area contributed by atoms with Crippen molar-refractivity contribution in [2.45, 2.75) is 50.3 Å². The second kappa shape index (κ2) is 9.57. The third kappa shape index (κ3) is 4.34. The molecule has 2 saturated heterocycles. The Kier molecular flexibility index (Phi) is 6.46. The number of nitrogens with zero attached hydrogens (tertiary/aromatic N) is 5. The number of benzene rings is 1. The lowest BCUT2D eigenvalue weighted by atomic mass is 9.66. The van der Waals surface area contributed by atoms with Gasteiger partial charge in [0.15, 0.2) is 0 Å². The molecule has 0 bridgehead atoms. The number of carboxylic acid groups (broad SMARTS) is 1. The number of rotatable bonds is 3. The van der Waals surface area contributed by atoms with Gasteiger partial charge in [0.2, 0.25) is 0 Å². The Balaban J connectivity index is 1.39. The molecule has 1 saturated carbocycles. The molecule has 1 spiro atoms. The number of aromatic nitrogens is 2. The maximum absolute atomic E-state index is 13.9.